The highest BCUT2D eigenvalue weighted by Crippen LogP contribution is 2.26. The molecule has 0 unspecified atom stereocenters. The molecule has 1 aromatic heterocycles. The maximum Gasteiger partial charge on any atom is 0.102 e. The SMILES string of the molecule is NN=Cc1cn(-c2ccccc2)nc1-c1ccc2ccccc2c1. The lowest BCUT2D eigenvalue weighted by molar-refractivity contribution is 0.884. The minimum atomic E-state index is 0.860. The molecule has 4 rings (SSSR count). The number of benzene rings is 3. The molecule has 4 nitrogen and oxygen atoms in total. The number of rotatable bonds is 3. The first-order valence-corrected chi connectivity index (χ1v) is 7.73. The van der Waals surface area contributed by atoms with Crippen molar-refractivity contribution in [2.45, 2.75) is 0 Å². The Labute approximate surface area is 139 Å². The first-order valence-electron chi connectivity index (χ1n) is 7.73. The Hall–Kier alpha value is -3.40. The van der Waals surface area contributed by atoms with Gasteiger partial charge in [0.05, 0.1) is 11.9 Å². The number of aromatic nitrogens is 2. The van der Waals surface area contributed by atoms with Crippen LogP contribution in [0.4, 0.5) is 0 Å². The highest BCUT2D eigenvalue weighted by atomic mass is 15.3. The summed E-state index contributed by atoms with van der Waals surface area (Å²) in [5.74, 6) is 5.38. The third-order valence-electron chi connectivity index (χ3n) is 4.00. The van der Waals surface area contributed by atoms with Gasteiger partial charge in [0.15, 0.2) is 0 Å². The van der Waals surface area contributed by atoms with Gasteiger partial charge >= 0.3 is 0 Å². The molecule has 4 heteroatoms. The smallest absolute Gasteiger partial charge is 0.102 e. The van der Waals surface area contributed by atoms with Crippen LogP contribution >= 0.6 is 0 Å². The molecule has 0 aliphatic heterocycles. The second-order valence-corrected chi connectivity index (χ2v) is 5.55. The zero-order valence-corrected chi connectivity index (χ0v) is 13.0. The van der Waals surface area contributed by atoms with E-state index in [1.54, 1.807) is 6.21 Å². The monoisotopic (exact) mass is 312 g/mol. The van der Waals surface area contributed by atoms with Crippen LogP contribution in [-0.4, -0.2) is 16.0 Å². The number of hydrazone groups is 1. The topological polar surface area (TPSA) is 56.2 Å². The van der Waals surface area contributed by atoms with Gasteiger partial charge < -0.3 is 5.84 Å². The van der Waals surface area contributed by atoms with Gasteiger partial charge in [-0.1, -0.05) is 54.6 Å². The molecule has 1 heterocycles. The third-order valence-corrected chi connectivity index (χ3v) is 4.00. The van der Waals surface area contributed by atoms with Crippen molar-refractivity contribution in [2.75, 3.05) is 0 Å². The van der Waals surface area contributed by atoms with Crippen LogP contribution in [0.2, 0.25) is 0 Å². The average molecular weight is 312 g/mol. The molecule has 24 heavy (non-hydrogen) atoms. The van der Waals surface area contributed by atoms with Gasteiger partial charge in [-0.2, -0.15) is 10.2 Å². The molecule has 0 saturated carbocycles. The Balaban J connectivity index is 1.87. The zero-order chi connectivity index (χ0) is 16.4. The first kappa shape index (κ1) is 14.2. The fraction of sp³-hybridized carbons (Fsp3) is 0. The maximum absolute atomic E-state index is 5.38. The zero-order valence-electron chi connectivity index (χ0n) is 13.0. The summed E-state index contributed by atoms with van der Waals surface area (Å²) in [5.41, 5.74) is 3.78. The summed E-state index contributed by atoms with van der Waals surface area (Å²) in [6.45, 7) is 0. The minimum absolute atomic E-state index is 0.860. The highest BCUT2D eigenvalue weighted by molar-refractivity contribution is 5.92. The van der Waals surface area contributed by atoms with Crippen molar-refractivity contribution >= 4 is 17.0 Å². The van der Waals surface area contributed by atoms with Crippen LogP contribution in [0.1, 0.15) is 5.56 Å². The highest BCUT2D eigenvalue weighted by Gasteiger charge is 2.11. The molecule has 3 aromatic carbocycles. The van der Waals surface area contributed by atoms with Gasteiger partial charge in [-0.15, -0.1) is 0 Å². The second kappa shape index (κ2) is 6.01. The van der Waals surface area contributed by atoms with Gasteiger partial charge in [0.2, 0.25) is 0 Å². The lowest BCUT2D eigenvalue weighted by atomic mass is 10.0. The summed E-state index contributed by atoms with van der Waals surface area (Å²) in [6, 6.07) is 24.6. The lowest BCUT2D eigenvalue weighted by Crippen LogP contribution is -1.94. The Kier molecular flexibility index (Phi) is 3.56. The number of nitrogens with two attached hydrogens (primary N) is 1. The quantitative estimate of drug-likeness (QED) is 0.353. The van der Waals surface area contributed by atoms with Crippen molar-refractivity contribution in [3.63, 3.8) is 0 Å². The largest absolute Gasteiger partial charge is 0.323 e. The molecule has 0 bridgehead atoms. The van der Waals surface area contributed by atoms with Crippen molar-refractivity contribution in [3.8, 4) is 16.9 Å². The summed E-state index contributed by atoms with van der Waals surface area (Å²) in [7, 11) is 0. The number of fused-ring (bicyclic) bond motifs is 1. The van der Waals surface area contributed by atoms with E-state index >= 15 is 0 Å². The van der Waals surface area contributed by atoms with Crippen LogP contribution in [0.3, 0.4) is 0 Å². The fourth-order valence-corrected chi connectivity index (χ4v) is 2.84. The van der Waals surface area contributed by atoms with Crippen LogP contribution in [-0.2, 0) is 0 Å². The molecule has 2 N–H and O–H groups in total. The number of hydrogen-bond acceptors (Lipinski definition) is 3. The van der Waals surface area contributed by atoms with Crippen molar-refractivity contribution < 1.29 is 0 Å². The van der Waals surface area contributed by atoms with Gasteiger partial charge in [0, 0.05) is 17.3 Å². The third kappa shape index (κ3) is 2.54. The van der Waals surface area contributed by atoms with E-state index < -0.39 is 0 Å². The van der Waals surface area contributed by atoms with Crippen molar-refractivity contribution in [1.29, 1.82) is 0 Å². The van der Waals surface area contributed by atoms with E-state index in [9.17, 15) is 0 Å². The summed E-state index contributed by atoms with van der Waals surface area (Å²) >= 11 is 0. The van der Waals surface area contributed by atoms with Crippen LogP contribution < -0.4 is 5.84 Å². The van der Waals surface area contributed by atoms with E-state index in [4.69, 9.17) is 10.9 Å². The second-order valence-electron chi connectivity index (χ2n) is 5.55. The molecule has 0 amide bonds. The molecule has 0 aliphatic rings. The Morgan fingerprint density at radius 2 is 1.62 bits per heavy atom. The molecule has 0 atom stereocenters. The van der Waals surface area contributed by atoms with Crippen molar-refractivity contribution in [2.24, 2.45) is 10.9 Å². The summed E-state index contributed by atoms with van der Waals surface area (Å²) in [5, 5.41) is 10.8. The van der Waals surface area contributed by atoms with Gasteiger partial charge in [-0.3, -0.25) is 0 Å². The van der Waals surface area contributed by atoms with Crippen LogP contribution in [0, 0.1) is 0 Å². The predicted octanol–water partition coefficient (Wildman–Crippen LogP) is 3.99. The molecular weight excluding hydrogens is 296 g/mol. The Morgan fingerprint density at radius 3 is 2.42 bits per heavy atom. The van der Waals surface area contributed by atoms with E-state index in [2.05, 4.69) is 35.4 Å². The van der Waals surface area contributed by atoms with Crippen LogP contribution in [0.25, 0.3) is 27.7 Å². The number of nitrogens with zero attached hydrogens (tertiary/aromatic N) is 3. The predicted molar refractivity (Wildman–Crippen MR) is 98.3 cm³/mol. The Morgan fingerprint density at radius 1 is 0.875 bits per heavy atom. The summed E-state index contributed by atoms with van der Waals surface area (Å²) in [4.78, 5) is 0. The standard InChI is InChI=1S/C20H16N4/c21-22-13-18-14-24(19-8-2-1-3-9-19)23-20(18)17-11-10-15-6-4-5-7-16(15)12-17/h1-14H,21H2. The van der Waals surface area contributed by atoms with Gasteiger partial charge in [-0.25, -0.2) is 4.68 Å². The molecule has 0 saturated heterocycles. The maximum atomic E-state index is 5.38. The molecule has 0 spiro atoms. The van der Waals surface area contributed by atoms with E-state index in [1.165, 1.54) is 10.8 Å². The van der Waals surface area contributed by atoms with E-state index in [-0.39, 0.29) is 0 Å². The molecule has 0 aliphatic carbocycles. The van der Waals surface area contributed by atoms with E-state index in [0.29, 0.717) is 0 Å². The Bertz CT molecular complexity index is 1020. The van der Waals surface area contributed by atoms with Crippen LogP contribution in [0.15, 0.2) is 84.1 Å². The minimum Gasteiger partial charge on any atom is -0.323 e. The van der Waals surface area contributed by atoms with Gasteiger partial charge in [-0.05, 0) is 29.0 Å². The molecular formula is C20H16N4. The first-order chi connectivity index (χ1) is 11.8. The molecule has 4 aromatic rings. The molecule has 0 radical (unpaired) electrons. The van der Waals surface area contributed by atoms with Gasteiger partial charge in [0.1, 0.15) is 5.69 Å². The molecule has 116 valence electrons. The normalized spacial score (nSPS) is 11.3. The van der Waals surface area contributed by atoms with Crippen LogP contribution in [0.5, 0.6) is 0 Å². The average Bonchev–Trinajstić information content (AvgIpc) is 3.06. The van der Waals surface area contributed by atoms with Gasteiger partial charge in [0.25, 0.3) is 0 Å². The van der Waals surface area contributed by atoms with Crippen molar-refractivity contribution in [3.05, 3.63) is 84.6 Å². The number of hydrogen-bond donors (Lipinski definition) is 1. The summed E-state index contributed by atoms with van der Waals surface area (Å²) in [6.07, 6.45) is 3.58. The van der Waals surface area contributed by atoms with E-state index in [1.807, 2.05) is 53.3 Å². The summed E-state index contributed by atoms with van der Waals surface area (Å²) < 4.78 is 1.85. The fourth-order valence-electron chi connectivity index (χ4n) is 2.84. The lowest BCUT2D eigenvalue weighted by Gasteiger charge is -2.03. The molecule has 0 fully saturated rings. The van der Waals surface area contributed by atoms with E-state index in [0.717, 1.165) is 22.5 Å². The van der Waals surface area contributed by atoms with Crippen molar-refractivity contribution in [1.82, 2.24) is 9.78 Å². The number of para-hydroxylation sites is 1.